The van der Waals surface area contributed by atoms with Crippen LogP contribution in [0.25, 0.3) is 6.08 Å². The number of amides is 3. The molecule has 1 aliphatic heterocycles. The third-order valence-electron chi connectivity index (χ3n) is 5.05. The van der Waals surface area contributed by atoms with Gasteiger partial charge in [0.25, 0.3) is 16.8 Å². The number of rotatable bonds is 8. The molecule has 0 aromatic heterocycles. The lowest BCUT2D eigenvalue weighted by atomic mass is 10.1. The van der Waals surface area contributed by atoms with Crippen LogP contribution in [0.3, 0.4) is 0 Å². The van der Waals surface area contributed by atoms with Crippen molar-refractivity contribution in [3.8, 4) is 5.75 Å². The van der Waals surface area contributed by atoms with Gasteiger partial charge in [-0.2, -0.15) is 0 Å². The van der Waals surface area contributed by atoms with Crippen LogP contribution in [0.5, 0.6) is 5.75 Å². The summed E-state index contributed by atoms with van der Waals surface area (Å²) in [5, 5.41) is 12.7. The molecule has 36 heavy (non-hydrogen) atoms. The zero-order chi connectivity index (χ0) is 25.7. The lowest BCUT2D eigenvalue weighted by molar-refractivity contribution is -0.384. The van der Waals surface area contributed by atoms with E-state index in [1.807, 2.05) is 0 Å². The molecule has 11 heteroatoms. The Labute approximate surface area is 208 Å². The summed E-state index contributed by atoms with van der Waals surface area (Å²) in [4.78, 5) is 48.8. The van der Waals surface area contributed by atoms with Gasteiger partial charge in [0.1, 0.15) is 24.7 Å². The summed E-state index contributed by atoms with van der Waals surface area (Å²) in [6.07, 6.45) is 1.51. The topological polar surface area (TPSA) is 119 Å². The lowest BCUT2D eigenvalue weighted by Crippen LogP contribution is -2.36. The Morgan fingerprint density at radius 2 is 1.75 bits per heavy atom. The van der Waals surface area contributed by atoms with Crippen molar-refractivity contribution in [2.24, 2.45) is 0 Å². The number of non-ortho nitro benzene ring substituents is 1. The second kappa shape index (κ2) is 10.8. The number of imide groups is 1. The number of thioether (sulfide) groups is 1. The van der Waals surface area contributed by atoms with Crippen molar-refractivity contribution in [1.82, 2.24) is 4.90 Å². The van der Waals surface area contributed by atoms with Gasteiger partial charge in [-0.05, 0) is 65.9 Å². The molecule has 1 N–H and O–H groups in total. The number of nitrogens with zero attached hydrogens (tertiary/aromatic N) is 2. The maximum Gasteiger partial charge on any atom is 0.294 e. The van der Waals surface area contributed by atoms with Gasteiger partial charge in [-0.3, -0.25) is 29.4 Å². The van der Waals surface area contributed by atoms with E-state index in [1.165, 1.54) is 42.5 Å². The molecular weight excluding hydrogens is 489 g/mol. The number of hydrogen-bond donors (Lipinski definition) is 1. The number of benzene rings is 3. The zero-order valence-corrected chi connectivity index (χ0v) is 19.4. The number of nitro benzene ring substituents is 1. The van der Waals surface area contributed by atoms with Gasteiger partial charge in [0, 0.05) is 23.4 Å². The summed E-state index contributed by atoms with van der Waals surface area (Å²) in [6.45, 7) is -0.356. The zero-order valence-electron chi connectivity index (χ0n) is 18.5. The average molecular weight is 507 g/mol. The Kier molecular flexibility index (Phi) is 7.40. The van der Waals surface area contributed by atoms with Crippen molar-refractivity contribution < 1.29 is 28.4 Å². The van der Waals surface area contributed by atoms with E-state index in [4.69, 9.17) is 4.74 Å². The number of halogens is 1. The predicted octanol–water partition coefficient (Wildman–Crippen LogP) is 4.99. The fourth-order valence-corrected chi connectivity index (χ4v) is 4.09. The van der Waals surface area contributed by atoms with E-state index >= 15 is 0 Å². The Hall–Kier alpha value is -4.51. The normalized spacial score (nSPS) is 14.2. The van der Waals surface area contributed by atoms with Crippen LogP contribution in [0.2, 0.25) is 0 Å². The maximum absolute atomic E-state index is 13.0. The van der Waals surface area contributed by atoms with Gasteiger partial charge >= 0.3 is 0 Å². The molecule has 3 amide bonds. The van der Waals surface area contributed by atoms with Crippen LogP contribution < -0.4 is 10.1 Å². The van der Waals surface area contributed by atoms with Gasteiger partial charge in [-0.25, -0.2) is 4.39 Å². The molecule has 0 unspecified atom stereocenters. The summed E-state index contributed by atoms with van der Waals surface area (Å²) in [7, 11) is 0. The number of ether oxygens (including phenoxy) is 1. The van der Waals surface area contributed by atoms with E-state index in [9.17, 15) is 28.9 Å². The molecule has 182 valence electrons. The Morgan fingerprint density at radius 1 is 1.06 bits per heavy atom. The molecule has 0 saturated carbocycles. The second-order valence-corrected chi connectivity index (χ2v) is 8.57. The number of para-hydroxylation sites is 1. The summed E-state index contributed by atoms with van der Waals surface area (Å²) in [5.74, 6) is -1.24. The van der Waals surface area contributed by atoms with Gasteiger partial charge in [0.05, 0.1) is 9.83 Å². The second-order valence-electron chi connectivity index (χ2n) is 7.57. The highest BCUT2D eigenvalue weighted by atomic mass is 32.2. The minimum Gasteiger partial charge on any atom is -0.488 e. The molecular formula is C25H18FN3O6S. The molecule has 0 atom stereocenters. The Balaban J connectivity index is 1.43. The highest BCUT2D eigenvalue weighted by molar-refractivity contribution is 8.18. The fraction of sp³-hybridized carbons (Fsp3) is 0.0800. The molecule has 1 fully saturated rings. The summed E-state index contributed by atoms with van der Waals surface area (Å²) in [5.41, 5.74) is 1.56. The summed E-state index contributed by atoms with van der Waals surface area (Å²) < 4.78 is 18.9. The predicted molar refractivity (Wildman–Crippen MR) is 132 cm³/mol. The molecule has 4 rings (SSSR count). The van der Waals surface area contributed by atoms with E-state index in [2.05, 4.69) is 5.32 Å². The fourth-order valence-electron chi connectivity index (χ4n) is 3.26. The first-order chi connectivity index (χ1) is 17.3. The Bertz CT molecular complexity index is 1360. The van der Waals surface area contributed by atoms with Crippen molar-refractivity contribution in [3.05, 3.63) is 105 Å². The molecule has 1 heterocycles. The van der Waals surface area contributed by atoms with Crippen LogP contribution in [0.15, 0.2) is 77.7 Å². The highest BCUT2D eigenvalue weighted by Crippen LogP contribution is 2.34. The van der Waals surface area contributed by atoms with Crippen LogP contribution >= 0.6 is 11.8 Å². The van der Waals surface area contributed by atoms with Crippen molar-refractivity contribution in [1.29, 1.82) is 0 Å². The van der Waals surface area contributed by atoms with Crippen LogP contribution in [-0.2, 0) is 16.2 Å². The van der Waals surface area contributed by atoms with Gasteiger partial charge in [-0.15, -0.1) is 0 Å². The van der Waals surface area contributed by atoms with Crippen LogP contribution in [0, 0.1) is 15.9 Å². The SMILES string of the molecule is O=C(CN1C(=O)S/C(=C\c2ccccc2OCc2ccc([N+](=O)[O-])cc2)C1=O)Nc1ccc(F)cc1. The minimum atomic E-state index is -0.621. The van der Waals surface area contributed by atoms with Crippen molar-refractivity contribution in [2.75, 3.05) is 11.9 Å². The monoisotopic (exact) mass is 507 g/mol. The van der Waals surface area contributed by atoms with Gasteiger partial charge < -0.3 is 10.1 Å². The van der Waals surface area contributed by atoms with Gasteiger partial charge in [0.15, 0.2) is 0 Å². The average Bonchev–Trinajstić information content (AvgIpc) is 3.12. The molecule has 9 nitrogen and oxygen atoms in total. The molecule has 1 saturated heterocycles. The number of carbonyl (C=O) groups excluding carboxylic acids is 3. The summed E-state index contributed by atoms with van der Waals surface area (Å²) in [6, 6.07) is 17.9. The Morgan fingerprint density at radius 3 is 2.44 bits per heavy atom. The van der Waals surface area contributed by atoms with E-state index in [0.29, 0.717) is 34.3 Å². The highest BCUT2D eigenvalue weighted by Gasteiger charge is 2.36. The smallest absolute Gasteiger partial charge is 0.294 e. The standard InChI is InChI=1S/C25H18FN3O6S/c26-18-7-9-19(10-8-18)27-23(30)14-28-24(31)22(36-25(28)32)13-17-3-1-2-4-21(17)35-15-16-5-11-20(12-6-16)29(33)34/h1-13H,14-15H2,(H,27,30)/b22-13-. The van der Waals surface area contributed by atoms with Crippen LogP contribution in [0.1, 0.15) is 11.1 Å². The number of anilines is 1. The number of nitrogens with one attached hydrogen (secondary N) is 1. The number of hydrogen-bond acceptors (Lipinski definition) is 7. The maximum atomic E-state index is 13.0. The molecule has 0 spiro atoms. The van der Waals surface area contributed by atoms with Crippen LogP contribution in [-0.4, -0.2) is 33.4 Å². The largest absolute Gasteiger partial charge is 0.488 e. The van der Waals surface area contributed by atoms with E-state index in [-0.39, 0.29) is 17.2 Å². The van der Waals surface area contributed by atoms with Crippen molar-refractivity contribution >= 4 is 46.3 Å². The van der Waals surface area contributed by atoms with E-state index in [0.717, 1.165) is 4.90 Å². The first kappa shape index (κ1) is 24.6. The van der Waals surface area contributed by atoms with Crippen LogP contribution in [0.4, 0.5) is 20.6 Å². The molecule has 0 aliphatic carbocycles. The third kappa shape index (κ3) is 5.94. The third-order valence-corrected chi connectivity index (χ3v) is 5.96. The van der Waals surface area contributed by atoms with E-state index in [1.54, 1.807) is 36.4 Å². The molecule has 3 aromatic carbocycles. The number of carbonyl (C=O) groups is 3. The van der Waals surface area contributed by atoms with Crippen molar-refractivity contribution in [2.45, 2.75) is 6.61 Å². The summed E-state index contributed by atoms with van der Waals surface area (Å²) >= 11 is 0.704. The first-order valence-electron chi connectivity index (χ1n) is 10.6. The molecule has 1 aliphatic rings. The quantitative estimate of drug-likeness (QED) is 0.259. The molecule has 0 bridgehead atoms. The first-order valence-corrected chi connectivity index (χ1v) is 11.4. The van der Waals surface area contributed by atoms with Gasteiger partial charge in [0.2, 0.25) is 5.91 Å². The van der Waals surface area contributed by atoms with E-state index < -0.39 is 34.3 Å². The van der Waals surface area contributed by atoms with Crippen molar-refractivity contribution in [3.63, 3.8) is 0 Å². The van der Waals surface area contributed by atoms with Gasteiger partial charge in [-0.1, -0.05) is 18.2 Å². The minimum absolute atomic E-state index is 0.0266. The molecule has 0 radical (unpaired) electrons. The number of nitro groups is 1. The lowest BCUT2D eigenvalue weighted by Gasteiger charge is -2.12. The molecule has 3 aromatic rings.